The first-order valence-corrected chi connectivity index (χ1v) is 5.84. The number of nitro groups is 1. The SMILES string of the molecule is O=C(c1cc(Cl)c(Cl)c([N+](=O)[O-])c1)N1CCCO1. The summed E-state index contributed by atoms with van der Waals surface area (Å²) in [5, 5.41) is 11.7. The average molecular weight is 291 g/mol. The quantitative estimate of drug-likeness (QED) is 0.620. The number of rotatable bonds is 2. The summed E-state index contributed by atoms with van der Waals surface area (Å²) in [7, 11) is 0. The summed E-state index contributed by atoms with van der Waals surface area (Å²) in [4.78, 5) is 27.1. The molecule has 1 aromatic carbocycles. The molecule has 0 saturated carbocycles. The summed E-state index contributed by atoms with van der Waals surface area (Å²) in [5.41, 5.74) is -0.315. The number of nitrogens with zero attached hydrogens (tertiary/aromatic N) is 2. The molecule has 2 rings (SSSR count). The molecule has 0 radical (unpaired) electrons. The average Bonchev–Trinajstić information content (AvgIpc) is 2.84. The maximum Gasteiger partial charge on any atom is 0.290 e. The Kier molecular flexibility index (Phi) is 3.70. The van der Waals surface area contributed by atoms with E-state index >= 15 is 0 Å². The molecule has 6 nitrogen and oxygen atoms in total. The summed E-state index contributed by atoms with van der Waals surface area (Å²) in [6.07, 6.45) is 0.731. The zero-order valence-corrected chi connectivity index (χ0v) is 10.6. The van der Waals surface area contributed by atoms with E-state index in [9.17, 15) is 14.9 Å². The summed E-state index contributed by atoms with van der Waals surface area (Å²) in [5.74, 6) is -0.464. The van der Waals surface area contributed by atoms with Gasteiger partial charge < -0.3 is 0 Å². The third-order valence-corrected chi connectivity index (χ3v) is 3.22. The molecule has 18 heavy (non-hydrogen) atoms. The zero-order chi connectivity index (χ0) is 13.3. The summed E-state index contributed by atoms with van der Waals surface area (Å²) < 4.78 is 0. The van der Waals surface area contributed by atoms with E-state index in [2.05, 4.69) is 0 Å². The predicted molar refractivity (Wildman–Crippen MR) is 64.7 cm³/mol. The highest BCUT2D eigenvalue weighted by atomic mass is 35.5. The van der Waals surface area contributed by atoms with Crippen LogP contribution < -0.4 is 0 Å². The number of carbonyl (C=O) groups is 1. The van der Waals surface area contributed by atoms with Crippen LogP contribution in [0.2, 0.25) is 10.0 Å². The van der Waals surface area contributed by atoms with E-state index in [0.717, 1.165) is 17.6 Å². The van der Waals surface area contributed by atoms with E-state index < -0.39 is 16.5 Å². The van der Waals surface area contributed by atoms with E-state index in [1.54, 1.807) is 0 Å². The fraction of sp³-hybridized carbons (Fsp3) is 0.300. The molecule has 1 aromatic rings. The van der Waals surface area contributed by atoms with Gasteiger partial charge in [0.15, 0.2) is 0 Å². The van der Waals surface area contributed by atoms with Crippen molar-refractivity contribution in [3.63, 3.8) is 0 Å². The minimum atomic E-state index is -0.685. The smallest absolute Gasteiger partial charge is 0.271 e. The van der Waals surface area contributed by atoms with E-state index in [0.29, 0.717) is 13.2 Å². The highest BCUT2D eigenvalue weighted by molar-refractivity contribution is 6.43. The normalized spacial score (nSPS) is 14.9. The van der Waals surface area contributed by atoms with Crippen LogP contribution in [0, 0.1) is 10.1 Å². The number of hydrogen-bond donors (Lipinski definition) is 0. The first-order valence-electron chi connectivity index (χ1n) is 5.09. The largest absolute Gasteiger partial charge is 0.290 e. The monoisotopic (exact) mass is 290 g/mol. The number of nitro benzene ring substituents is 1. The maximum atomic E-state index is 12.0. The van der Waals surface area contributed by atoms with Crippen molar-refractivity contribution in [1.29, 1.82) is 0 Å². The lowest BCUT2D eigenvalue weighted by atomic mass is 10.2. The van der Waals surface area contributed by atoms with Crippen LogP contribution in [0.5, 0.6) is 0 Å². The van der Waals surface area contributed by atoms with Gasteiger partial charge in [-0.3, -0.25) is 19.7 Å². The van der Waals surface area contributed by atoms with Crippen LogP contribution >= 0.6 is 23.2 Å². The highest BCUT2D eigenvalue weighted by Crippen LogP contribution is 2.33. The Labute approximate surface area is 112 Å². The lowest BCUT2D eigenvalue weighted by molar-refractivity contribution is -0.384. The molecule has 0 aromatic heterocycles. The maximum absolute atomic E-state index is 12.0. The van der Waals surface area contributed by atoms with Gasteiger partial charge in [-0.2, -0.15) is 0 Å². The lowest BCUT2D eigenvalue weighted by Gasteiger charge is -2.14. The number of hydrogen-bond acceptors (Lipinski definition) is 4. The number of hydroxylamine groups is 2. The van der Waals surface area contributed by atoms with Crippen LogP contribution in [0.25, 0.3) is 0 Å². The highest BCUT2D eigenvalue weighted by Gasteiger charge is 2.25. The molecule has 1 aliphatic rings. The van der Waals surface area contributed by atoms with Gasteiger partial charge in [-0.1, -0.05) is 23.2 Å². The van der Waals surface area contributed by atoms with Gasteiger partial charge in [0, 0.05) is 6.07 Å². The Hall–Kier alpha value is -1.37. The molecule has 0 N–H and O–H groups in total. The van der Waals surface area contributed by atoms with Gasteiger partial charge in [0.25, 0.3) is 11.6 Å². The van der Waals surface area contributed by atoms with Crippen molar-refractivity contribution in [3.8, 4) is 0 Å². The van der Waals surface area contributed by atoms with Crippen LogP contribution in [-0.4, -0.2) is 29.0 Å². The Morgan fingerprint density at radius 3 is 2.72 bits per heavy atom. The summed E-state index contributed by atoms with van der Waals surface area (Å²) in [6, 6.07) is 2.39. The van der Waals surface area contributed by atoms with Crippen LogP contribution in [-0.2, 0) is 4.84 Å². The number of amides is 1. The van der Waals surface area contributed by atoms with Crippen molar-refractivity contribution in [3.05, 3.63) is 37.9 Å². The minimum absolute atomic E-state index is 0.0339. The molecule has 1 fully saturated rings. The van der Waals surface area contributed by atoms with Crippen molar-refractivity contribution in [1.82, 2.24) is 5.06 Å². The second-order valence-corrected chi connectivity index (χ2v) is 4.43. The Morgan fingerprint density at radius 1 is 1.44 bits per heavy atom. The van der Waals surface area contributed by atoms with Crippen LogP contribution in [0.1, 0.15) is 16.8 Å². The third-order valence-electron chi connectivity index (χ3n) is 2.43. The van der Waals surface area contributed by atoms with Crippen molar-refractivity contribution in [2.45, 2.75) is 6.42 Å². The number of halogens is 2. The first-order chi connectivity index (χ1) is 8.50. The molecule has 0 bridgehead atoms. The zero-order valence-electron chi connectivity index (χ0n) is 9.06. The molecule has 8 heteroatoms. The van der Waals surface area contributed by atoms with Gasteiger partial charge >= 0.3 is 0 Å². The minimum Gasteiger partial charge on any atom is -0.271 e. The second-order valence-electron chi connectivity index (χ2n) is 3.64. The molecular weight excluding hydrogens is 283 g/mol. The van der Waals surface area contributed by atoms with E-state index in [-0.39, 0.29) is 15.6 Å². The van der Waals surface area contributed by atoms with Gasteiger partial charge in [0.05, 0.1) is 28.7 Å². The molecule has 0 atom stereocenters. The van der Waals surface area contributed by atoms with Crippen LogP contribution in [0.3, 0.4) is 0 Å². The van der Waals surface area contributed by atoms with Gasteiger partial charge in [-0.15, -0.1) is 0 Å². The Bertz CT molecular complexity index is 515. The summed E-state index contributed by atoms with van der Waals surface area (Å²) in [6.45, 7) is 0.905. The fourth-order valence-electron chi connectivity index (χ4n) is 1.58. The molecule has 1 heterocycles. The fourth-order valence-corrected chi connectivity index (χ4v) is 1.97. The molecule has 0 unspecified atom stereocenters. The van der Waals surface area contributed by atoms with E-state index in [1.807, 2.05) is 0 Å². The van der Waals surface area contributed by atoms with Crippen molar-refractivity contribution < 1.29 is 14.6 Å². The molecule has 1 aliphatic heterocycles. The molecule has 1 saturated heterocycles. The van der Waals surface area contributed by atoms with Crippen LogP contribution in [0.15, 0.2) is 12.1 Å². The van der Waals surface area contributed by atoms with Gasteiger partial charge in [0.1, 0.15) is 5.02 Å². The van der Waals surface area contributed by atoms with Gasteiger partial charge in [-0.25, -0.2) is 5.06 Å². The lowest BCUT2D eigenvalue weighted by Crippen LogP contribution is -2.26. The van der Waals surface area contributed by atoms with Gasteiger partial charge in [0.2, 0.25) is 0 Å². The molecular formula is C10H8Cl2N2O4. The Morgan fingerprint density at radius 2 is 2.17 bits per heavy atom. The first kappa shape index (κ1) is 13.1. The third kappa shape index (κ3) is 2.40. The second kappa shape index (κ2) is 5.09. The Balaban J connectivity index is 2.39. The van der Waals surface area contributed by atoms with Crippen LogP contribution in [0.4, 0.5) is 5.69 Å². The van der Waals surface area contributed by atoms with Crippen molar-refractivity contribution >= 4 is 34.8 Å². The van der Waals surface area contributed by atoms with Crippen molar-refractivity contribution in [2.75, 3.05) is 13.2 Å². The van der Waals surface area contributed by atoms with Gasteiger partial charge in [-0.05, 0) is 12.5 Å². The topological polar surface area (TPSA) is 72.7 Å². The molecule has 96 valence electrons. The molecule has 0 aliphatic carbocycles. The number of carbonyl (C=O) groups excluding carboxylic acids is 1. The van der Waals surface area contributed by atoms with Crippen molar-refractivity contribution in [2.24, 2.45) is 0 Å². The van der Waals surface area contributed by atoms with E-state index in [4.69, 9.17) is 28.0 Å². The van der Waals surface area contributed by atoms with E-state index in [1.165, 1.54) is 6.07 Å². The molecule has 0 spiro atoms. The summed E-state index contributed by atoms with van der Waals surface area (Å²) >= 11 is 11.5. The number of benzene rings is 1. The standard InChI is InChI=1S/C10H8Cl2N2O4/c11-7-4-6(5-8(9(7)12)14(16)17)10(15)13-2-1-3-18-13/h4-5H,1-3H2. The predicted octanol–water partition coefficient (Wildman–Crippen LogP) is 2.68. The molecule has 1 amide bonds.